The first kappa shape index (κ1) is 68.0. The number of esters is 2. The summed E-state index contributed by atoms with van der Waals surface area (Å²) in [6.07, 6.45) is 4.08. The zero-order valence-electron chi connectivity index (χ0n) is 54.6. The molecule has 2 aliphatic rings. The van der Waals surface area contributed by atoms with E-state index in [1.54, 1.807) is 136 Å². The van der Waals surface area contributed by atoms with Gasteiger partial charge in [-0.2, -0.15) is 0 Å². The summed E-state index contributed by atoms with van der Waals surface area (Å²) in [6.45, 7) is 6.99. The number of para-hydroxylation sites is 2. The Bertz CT molecular complexity index is 4800. The third-order valence-electron chi connectivity index (χ3n) is 16.5. The van der Waals surface area contributed by atoms with Gasteiger partial charge in [-0.3, -0.25) is 48.1 Å². The molecule has 4 aromatic heterocycles. The number of halogens is 2. The summed E-state index contributed by atoms with van der Waals surface area (Å²) in [5.41, 5.74) is 12.8. The van der Waals surface area contributed by atoms with Crippen LogP contribution in [0.15, 0.2) is 155 Å². The Morgan fingerprint density at radius 1 is 0.602 bits per heavy atom. The Kier molecular flexibility index (Phi) is 20.0. The van der Waals surface area contributed by atoms with Crippen LogP contribution in [-0.4, -0.2) is 116 Å². The number of anilines is 2. The number of nitrogens with zero attached hydrogens (tertiary/aromatic N) is 6. The Hall–Kier alpha value is -11.4. The topological polar surface area (TPSA) is 307 Å². The Balaban J connectivity index is 0.000000199. The number of carbonyl (C=O) groups is 4. The van der Waals surface area contributed by atoms with Crippen LogP contribution in [0.1, 0.15) is 65.2 Å². The molecule has 1 saturated heterocycles. The number of ether oxygens (including phenoxy) is 9. The van der Waals surface area contributed by atoms with E-state index in [9.17, 15) is 28.8 Å². The fraction of sp³-hybridized carbons (Fsp3) is 0.268. The van der Waals surface area contributed by atoms with Crippen LogP contribution in [0.2, 0.25) is 0 Å². The summed E-state index contributed by atoms with van der Waals surface area (Å²) < 4.78 is 88.4. The van der Waals surface area contributed by atoms with Crippen molar-refractivity contribution < 1.29 is 70.6 Å². The molecule has 2 amide bonds. The van der Waals surface area contributed by atoms with E-state index in [0.717, 1.165) is 12.1 Å². The van der Waals surface area contributed by atoms with Gasteiger partial charge in [0.05, 0.1) is 60.7 Å². The van der Waals surface area contributed by atoms with Crippen LogP contribution in [-0.2, 0) is 37.9 Å². The molecule has 0 radical (unpaired) electrons. The van der Waals surface area contributed by atoms with E-state index in [4.69, 9.17) is 54.1 Å². The molecule has 1 saturated carbocycles. The van der Waals surface area contributed by atoms with Gasteiger partial charge in [0.2, 0.25) is 0 Å². The molecule has 4 atom stereocenters. The number of nitrogens with one attached hydrogen (secondary N) is 2. The lowest BCUT2D eigenvalue weighted by atomic mass is 10.1. The maximum Gasteiger partial charge on any atom is 0.323 e. The largest absolute Gasteiger partial charge is 0.493 e. The second-order valence-corrected chi connectivity index (χ2v) is 23.5. The number of rotatable bonds is 22. The molecular formula is C71H70F2N10O15. The Morgan fingerprint density at radius 3 is 1.49 bits per heavy atom. The molecule has 5 heterocycles. The molecule has 2 fully saturated rings. The van der Waals surface area contributed by atoms with E-state index in [0.29, 0.717) is 98.3 Å². The SMILES string of the molecule is COc1cc2c(Oc3ccc(NC(=O)c4c(C)n(C)n(-c5ccccc5)c4=O)cc3F)ccnc2cc1OCC1(OC(=O)[C@H](C)N)CC1.COc1cc2c(Oc3ccc(NC(=O)c4c(C)n(C)n(-c5ccccc5)c4=O)cc3F)ccnc2cc1OC[C@H]1C[C@H](OC(=O)[C@H](C)N)CO1. The molecule has 98 heavy (non-hydrogen) atoms. The highest BCUT2D eigenvalue weighted by Gasteiger charge is 2.48. The summed E-state index contributed by atoms with van der Waals surface area (Å²) in [4.78, 5) is 85.5. The smallest absolute Gasteiger partial charge is 0.323 e. The van der Waals surface area contributed by atoms with Crippen molar-refractivity contribution in [3.05, 3.63) is 201 Å². The number of hydrogen-bond acceptors (Lipinski definition) is 19. The fourth-order valence-corrected chi connectivity index (χ4v) is 10.8. The van der Waals surface area contributed by atoms with Crippen molar-refractivity contribution >= 4 is 56.9 Å². The van der Waals surface area contributed by atoms with Gasteiger partial charge in [-0.25, -0.2) is 18.1 Å². The molecule has 508 valence electrons. The van der Waals surface area contributed by atoms with Crippen molar-refractivity contribution in [3.63, 3.8) is 0 Å². The van der Waals surface area contributed by atoms with Gasteiger partial charge in [0.25, 0.3) is 22.9 Å². The fourth-order valence-electron chi connectivity index (χ4n) is 10.8. The van der Waals surface area contributed by atoms with Gasteiger partial charge in [-0.15, -0.1) is 0 Å². The molecule has 6 aromatic carbocycles. The number of amides is 2. The highest BCUT2D eigenvalue weighted by Crippen LogP contribution is 2.44. The molecule has 0 unspecified atom stereocenters. The van der Waals surface area contributed by atoms with Crippen molar-refractivity contribution in [2.75, 3.05) is 44.7 Å². The number of aromatic nitrogens is 6. The first-order chi connectivity index (χ1) is 47.0. The average molecular weight is 1340 g/mol. The maximum atomic E-state index is 15.4. The van der Waals surface area contributed by atoms with Gasteiger partial charge in [-0.05, 0) is 113 Å². The minimum Gasteiger partial charge on any atom is -0.493 e. The van der Waals surface area contributed by atoms with Crippen molar-refractivity contribution in [2.45, 2.75) is 76.9 Å². The van der Waals surface area contributed by atoms with Crippen LogP contribution in [0.5, 0.6) is 46.0 Å². The molecule has 0 bridgehead atoms. The van der Waals surface area contributed by atoms with Gasteiger partial charge >= 0.3 is 11.9 Å². The van der Waals surface area contributed by atoms with Crippen molar-refractivity contribution in [1.29, 1.82) is 0 Å². The zero-order chi connectivity index (χ0) is 69.7. The number of methoxy groups -OCH3 is 2. The van der Waals surface area contributed by atoms with E-state index in [1.807, 2.05) is 12.1 Å². The average Bonchev–Trinajstić information content (AvgIpc) is 1.55. The maximum absolute atomic E-state index is 15.4. The first-order valence-electron chi connectivity index (χ1n) is 31.0. The first-order valence-corrected chi connectivity index (χ1v) is 31.0. The standard InChI is InChI=1S/C36H36FN5O8.C35H34FN5O7/c1-20(38)36(45)49-25-15-24(47-19-25)18-48-32-17-28-26(16-31(32)46-4)29(12-13-39-28)50-30-11-10-22(14-27(30)37)40-34(43)33-21(2)41(3)42(35(33)44)23-8-6-5-7-9-23;1-20(37)34(44)48-35(13-14-35)19-46-30-18-26-24(17-29(30)45-4)27(12-15-38-26)47-28-11-10-22(16-25(28)36)39-32(42)31-21(2)40(3)41(33(31)43)23-8-6-5-7-9-23/h5-14,16-17,20,24-25H,15,18-19,38H2,1-4H3,(H,40,43);5-12,15-18,20H,13-14,19,37H2,1-4H3,(H,39,42)/t20-,24+,25-;20-/m00/s1. The van der Waals surface area contributed by atoms with E-state index in [2.05, 4.69) is 20.6 Å². The van der Waals surface area contributed by atoms with E-state index in [1.165, 1.54) is 60.2 Å². The molecule has 1 aliphatic carbocycles. The molecule has 25 nitrogen and oxygen atoms in total. The van der Waals surface area contributed by atoms with Crippen LogP contribution in [0.25, 0.3) is 33.2 Å². The number of nitrogens with two attached hydrogens (primary N) is 2. The zero-order valence-corrected chi connectivity index (χ0v) is 54.6. The third kappa shape index (κ3) is 14.7. The van der Waals surface area contributed by atoms with Crippen molar-refractivity contribution in [2.24, 2.45) is 25.6 Å². The predicted octanol–water partition coefficient (Wildman–Crippen LogP) is 9.68. The number of carbonyl (C=O) groups excluding carboxylic acids is 4. The Labute approximate surface area is 559 Å². The summed E-state index contributed by atoms with van der Waals surface area (Å²) in [7, 11) is 6.34. The van der Waals surface area contributed by atoms with Gasteiger partial charge in [0.15, 0.2) is 46.1 Å². The lowest BCUT2D eigenvalue weighted by molar-refractivity contribution is -0.154. The van der Waals surface area contributed by atoms with Gasteiger partial charge in [-0.1, -0.05) is 36.4 Å². The minimum atomic E-state index is -0.743. The number of pyridine rings is 2. The summed E-state index contributed by atoms with van der Waals surface area (Å²) >= 11 is 0. The van der Waals surface area contributed by atoms with Crippen LogP contribution >= 0.6 is 0 Å². The van der Waals surface area contributed by atoms with E-state index >= 15 is 8.78 Å². The molecule has 1 aliphatic heterocycles. The summed E-state index contributed by atoms with van der Waals surface area (Å²) in [6, 6.07) is 34.2. The van der Waals surface area contributed by atoms with Crippen molar-refractivity contribution in [1.82, 2.24) is 28.7 Å². The lowest BCUT2D eigenvalue weighted by Crippen LogP contribution is -2.35. The van der Waals surface area contributed by atoms with Crippen LogP contribution < -0.4 is 61.6 Å². The van der Waals surface area contributed by atoms with Crippen LogP contribution in [0.3, 0.4) is 0 Å². The monoisotopic (exact) mass is 1340 g/mol. The van der Waals surface area contributed by atoms with E-state index < -0.39 is 70.3 Å². The number of fused-ring (bicyclic) bond motifs is 2. The number of hydrogen-bond donors (Lipinski definition) is 4. The van der Waals surface area contributed by atoms with Crippen molar-refractivity contribution in [3.8, 4) is 57.4 Å². The molecule has 6 N–H and O–H groups in total. The second-order valence-electron chi connectivity index (χ2n) is 23.5. The van der Waals surface area contributed by atoms with Crippen LogP contribution in [0, 0.1) is 25.5 Å². The predicted molar refractivity (Wildman–Crippen MR) is 358 cm³/mol. The minimum absolute atomic E-state index is 0.0545. The molecule has 27 heteroatoms. The van der Waals surface area contributed by atoms with Gasteiger partial charge in [0.1, 0.15) is 59.6 Å². The number of benzene rings is 6. The lowest BCUT2D eigenvalue weighted by Gasteiger charge is -2.20. The molecule has 10 aromatic rings. The summed E-state index contributed by atoms with van der Waals surface area (Å²) in [5, 5.41) is 6.30. The quantitative estimate of drug-likeness (QED) is 0.0459. The van der Waals surface area contributed by atoms with Crippen LogP contribution in [0.4, 0.5) is 20.2 Å². The second kappa shape index (κ2) is 28.9. The third-order valence-corrected chi connectivity index (χ3v) is 16.5. The highest BCUT2D eigenvalue weighted by atomic mass is 19.1. The van der Waals surface area contributed by atoms with Gasteiger partial charge < -0.3 is 64.7 Å². The van der Waals surface area contributed by atoms with E-state index in [-0.39, 0.29) is 59.9 Å². The normalized spacial score (nSPS) is 15.1. The summed E-state index contributed by atoms with van der Waals surface area (Å²) in [5.74, 6) is -1.87. The molecule has 12 rings (SSSR count). The Morgan fingerprint density at radius 2 is 1.06 bits per heavy atom. The molecule has 0 spiro atoms. The van der Waals surface area contributed by atoms with Gasteiger partial charge in [0, 0.05) is 79.3 Å². The highest BCUT2D eigenvalue weighted by molar-refractivity contribution is 6.06. The molecular weight excluding hydrogens is 1270 g/mol.